The molecule has 28 heavy (non-hydrogen) atoms. The van der Waals surface area contributed by atoms with Crippen molar-refractivity contribution in [3.05, 3.63) is 89.4 Å². The maximum atomic E-state index is 12.8. The summed E-state index contributed by atoms with van der Waals surface area (Å²) in [4.78, 5) is 14.3. The van der Waals surface area contributed by atoms with E-state index in [0.717, 1.165) is 32.4 Å². The second-order valence-corrected chi connectivity index (χ2v) is 7.56. The molecular weight excluding hydrogens is 368 g/mol. The standard InChI is InChI=1S/C23H16N2O2S/c1-15-19-14-21(28-22(19)25(24-15)17-10-3-2-4-11-17)23(26)27-20-13-7-9-16-8-5-6-12-18(16)20/h2-14H,1H3. The number of esters is 1. The summed E-state index contributed by atoms with van der Waals surface area (Å²) in [5.41, 5.74) is 1.86. The van der Waals surface area contributed by atoms with Gasteiger partial charge >= 0.3 is 5.97 Å². The van der Waals surface area contributed by atoms with Gasteiger partial charge in [-0.05, 0) is 36.6 Å². The first-order valence-corrected chi connectivity index (χ1v) is 9.77. The second kappa shape index (κ2) is 6.62. The molecule has 2 heterocycles. The van der Waals surface area contributed by atoms with Gasteiger partial charge in [-0.2, -0.15) is 5.10 Å². The highest BCUT2D eigenvalue weighted by molar-refractivity contribution is 7.20. The minimum atomic E-state index is -0.350. The lowest BCUT2D eigenvalue weighted by Gasteiger charge is -2.06. The Labute approximate surface area is 165 Å². The molecule has 2 aromatic heterocycles. The van der Waals surface area contributed by atoms with Crippen LogP contribution >= 0.6 is 11.3 Å². The molecular formula is C23H16N2O2S. The van der Waals surface area contributed by atoms with Gasteiger partial charge in [0.1, 0.15) is 15.5 Å². The van der Waals surface area contributed by atoms with Crippen molar-refractivity contribution >= 4 is 38.3 Å². The van der Waals surface area contributed by atoms with Gasteiger partial charge in [0.25, 0.3) is 0 Å². The Balaban J connectivity index is 1.53. The molecule has 0 amide bonds. The van der Waals surface area contributed by atoms with Crippen molar-refractivity contribution in [3.8, 4) is 11.4 Å². The molecule has 4 nitrogen and oxygen atoms in total. The Hall–Kier alpha value is -3.44. The van der Waals surface area contributed by atoms with Crippen molar-refractivity contribution in [1.29, 1.82) is 0 Å². The summed E-state index contributed by atoms with van der Waals surface area (Å²) in [6, 6.07) is 25.4. The van der Waals surface area contributed by atoms with E-state index in [1.807, 2.05) is 90.5 Å². The fraction of sp³-hybridized carbons (Fsp3) is 0.0435. The number of fused-ring (bicyclic) bond motifs is 2. The first kappa shape index (κ1) is 16.7. The van der Waals surface area contributed by atoms with Gasteiger partial charge in [0.15, 0.2) is 0 Å². The highest BCUT2D eigenvalue weighted by atomic mass is 32.1. The van der Waals surface area contributed by atoms with Crippen molar-refractivity contribution in [3.63, 3.8) is 0 Å². The van der Waals surface area contributed by atoms with Crippen LogP contribution < -0.4 is 4.74 Å². The largest absolute Gasteiger partial charge is 0.422 e. The monoisotopic (exact) mass is 384 g/mol. The Morgan fingerprint density at radius 2 is 1.68 bits per heavy atom. The van der Waals surface area contributed by atoms with Gasteiger partial charge in [-0.15, -0.1) is 11.3 Å². The van der Waals surface area contributed by atoms with Crippen LogP contribution in [-0.2, 0) is 0 Å². The summed E-state index contributed by atoms with van der Waals surface area (Å²) in [5.74, 6) is 0.221. The maximum Gasteiger partial charge on any atom is 0.353 e. The molecule has 0 N–H and O–H groups in total. The highest BCUT2D eigenvalue weighted by Crippen LogP contribution is 2.32. The summed E-state index contributed by atoms with van der Waals surface area (Å²) >= 11 is 1.40. The number of hydrogen-bond donors (Lipinski definition) is 0. The molecule has 0 atom stereocenters. The Kier molecular flexibility index (Phi) is 3.95. The molecule has 5 rings (SSSR count). The van der Waals surface area contributed by atoms with Gasteiger partial charge in [-0.1, -0.05) is 54.6 Å². The molecule has 5 heteroatoms. The van der Waals surface area contributed by atoms with E-state index < -0.39 is 0 Å². The fourth-order valence-corrected chi connectivity index (χ4v) is 4.39. The van der Waals surface area contributed by atoms with Crippen molar-refractivity contribution < 1.29 is 9.53 Å². The van der Waals surface area contributed by atoms with E-state index >= 15 is 0 Å². The number of hydrogen-bond acceptors (Lipinski definition) is 4. The van der Waals surface area contributed by atoms with Crippen molar-refractivity contribution in [1.82, 2.24) is 9.78 Å². The lowest BCUT2D eigenvalue weighted by atomic mass is 10.1. The van der Waals surface area contributed by atoms with E-state index in [4.69, 9.17) is 4.74 Å². The van der Waals surface area contributed by atoms with Crippen molar-refractivity contribution in [2.45, 2.75) is 6.92 Å². The number of aryl methyl sites for hydroxylation is 1. The molecule has 0 bridgehead atoms. The molecule has 0 fully saturated rings. The molecule has 0 saturated carbocycles. The summed E-state index contributed by atoms with van der Waals surface area (Å²) in [5, 5.41) is 7.56. The molecule has 0 radical (unpaired) electrons. The first-order chi connectivity index (χ1) is 13.7. The molecule has 0 aliphatic rings. The molecule has 136 valence electrons. The molecule has 0 unspecified atom stereocenters. The summed E-state index contributed by atoms with van der Waals surface area (Å²) in [6.07, 6.45) is 0. The first-order valence-electron chi connectivity index (χ1n) is 8.95. The predicted molar refractivity (Wildman–Crippen MR) is 113 cm³/mol. The molecule has 3 aromatic carbocycles. The van der Waals surface area contributed by atoms with E-state index in [1.54, 1.807) is 0 Å². The van der Waals surface area contributed by atoms with Crippen LogP contribution in [0.25, 0.3) is 26.7 Å². The van der Waals surface area contributed by atoms with E-state index in [1.165, 1.54) is 11.3 Å². The number of para-hydroxylation sites is 1. The Morgan fingerprint density at radius 1 is 0.929 bits per heavy atom. The fourth-order valence-electron chi connectivity index (χ4n) is 3.33. The van der Waals surface area contributed by atoms with Crippen LogP contribution in [0.1, 0.15) is 15.4 Å². The summed E-state index contributed by atoms with van der Waals surface area (Å²) in [6.45, 7) is 1.95. The number of nitrogens with zero attached hydrogens (tertiary/aromatic N) is 2. The molecule has 0 aliphatic carbocycles. The number of aromatic nitrogens is 2. The minimum Gasteiger partial charge on any atom is -0.422 e. The lowest BCUT2D eigenvalue weighted by molar-refractivity contribution is 0.0742. The van der Waals surface area contributed by atoms with Gasteiger partial charge in [-0.3, -0.25) is 0 Å². The topological polar surface area (TPSA) is 44.1 Å². The van der Waals surface area contributed by atoms with Crippen LogP contribution in [0.4, 0.5) is 0 Å². The van der Waals surface area contributed by atoms with Crippen LogP contribution in [0, 0.1) is 6.92 Å². The quantitative estimate of drug-likeness (QED) is 0.293. The number of rotatable bonds is 3. The second-order valence-electron chi connectivity index (χ2n) is 6.53. The number of thiophene rings is 1. The van der Waals surface area contributed by atoms with E-state index in [2.05, 4.69) is 5.10 Å². The van der Waals surface area contributed by atoms with Gasteiger partial charge < -0.3 is 4.74 Å². The van der Waals surface area contributed by atoms with Crippen molar-refractivity contribution in [2.24, 2.45) is 0 Å². The number of carbonyl (C=O) groups excluding carboxylic acids is 1. The van der Waals surface area contributed by atoms with Gasteiger partial charge in [0.2, 0.25) is 0 Å². The van der Waals surface area contributed by atoms with Gasteiger partial charge in [0.05, 0.1) is 11.4 Å². The number of benzene rings is 3. The average molecular weight is 384 g/mol. The number of carbonyl (C=O) groups is 1. The predicted octanol–water partition coefficient (Wildman–Crippen LogP) is 5.77. The van der Waals surface area contributed by atoms with Gasteiger partial charge in [-0.25, -0.2) is 9.48 Å². The van der Waals surface area contributed by atoms with E-state index in [9.17, 15) is 4.79 Å². The third kappa shape index (κ3) is 2.77. The van der Waals surface area contributed by atoms with Gasteiger partial charge in [0, 0.05) is 10.8 Å². The SMILES string of the molecule is Cc1nn(-c2ccccc2)c2sc(C(=O)Oc3cccc4ccccc34)cc12. The summed E-state index contributed by atoms with van der Waals surface area (Å²) in [7, 11) is 0. The smallest absolute Gasteiger partial charge is 0.353 e. The third-order valence-corrected chi connectivity index (χ3v) is 5.79. The van der Waals surface area contributed by atoms with E-state index in [-0.39, 0.29) is 5.97 Å². The normalized spacial score (nSPS) is 11.2. The molecule has 0 aliphatic heterocycles. The van der Waals surface area contributed by atoms with Crippen LogP contribution in [0.5, 0.6) is 5.75 Å². The van der Waals surface area contributed by atoms with E-state index in [0.29, 0.717) is 10.6 Å². The Bertz CT molecular complexity index is 1310. The maximum absolute atomic E-state index is 12.8. The lowest BCUT2D eigenvalue weighted by Crippen LogP contribution is -2.06. The Morgan fingerprint density at radius 3 is 2.54 bits per heavy atom. The highest BCUT2D eigenvalue weighted by Gasteiger charge is 2.19. The van der Waals surface area contributed by atoms with Crippen LogP contribution in [0.15, 0.2) is 78.9 Å². The summed E-state index contributed by atoms with van der Waals surface area (Å²) < 4.78 is 7.62. The van der Waals surface area contributed by atoms with Crippen LogP contribution in [0.3, 0.4) is 0 Å². The van der Waals surface area contributed by atoms with Crippen LogP contribution in [0.2, 0.25) is 0 Å². The third-order valence-electron chi connectivity index (χ3n) is 4.70. The number of ether oxygens (including phenoxy) is 1. The average Bonchev–Trinajstić information content (AvgIpc) is 3.30. The molecule has 0 spiro atoms. The molecule has 0 saturated heterocycles. The zero-order chi connectivity index (χ0) is 19.1. The minimum absolute atomic E-state index is 0.350. The zero-order valence-corrected chi connectivity index (χ0v) is 15.9. The molecule has 5 aromatic rings. The zero-order valence-electron chi connectivity index (χ0n) is 15.1. The van der Waals surface area contributed by atoms with Crippen molar-refractivity contribution in [2.75, 3.05) is 0 Å². The van der Waals surface area contributed by atoms with Crippen LogP contribution in [-0.4, -0.2) is 15.7 Å².